The number of nitrogens with zero attached hydrogens (tertiary/aromatic N) is 4. The summed E-state index contributed by atoms with van der Waals surface area (Å²) in [5.41, 5.74) is 8.54. The summed E-state index contributed by atoms with van der Waals surface area (Å²) in [7, 11) is 0. The highest BCUT2D eigenvalue weighted by atomic mass is 16.5. The van der Waals surface area contributed by atoms with Gasteiger partial charge in [0.1, 0.15) is 11.3 Å². The van der Waals surface area contributed by atoms with Crippen molar-refractivity contribution < 1.29 is 9.47 Å². The molecule has 2 N–H and O–H groups in total. The number of rotatable bonds is 4. The van der Waals surface area contributed by atoms with Gasteiger partial charge in [-0.3, -0.25) is 9.98 Å². The monoisotopic (exact) mass is 369 g/mol. The van der Waals surface area contributed by atoms with Crippen molar-refractivity contribution >= 4 is 22.6 Å². The summed E-state index contributed by atoms with van der Waals surface area (Å²) in [5, 5.41) is 0. The van der Waals surface area contributed by atoms with Gasteiger partial charge in [0.25, 0.3) is 0 Å². The van der Waals surface area contributed by atoms with Crippen molar-refractivity contribution in [2.45, 2.75) is 44.8 Å². The molecule has 1 saturated carbocycles. The van der Waals surface area contributed by atoms with Gasteiger partial charge in [-0.05, 0) is 38.7 Å². The minimum absolute atomic E-state index is 0.180. The third-order valence-corrected chi connectivity index (χ3v) is 5.22. The Morgan fingerprint density at radius 2 is 1.89 bits per heavy atom. The summed E-state index contributed by atoms with van der Waals surface area (Å²) >= 11 is 0. The van der Waals surface area contributed by atoms with Crippen LogP contribution in [0.25, 0.3) is 11.0 Å². The lowest BCUT2D eigenvalue weighted by Gasteiger charge is -2.30. The summed E-state index contributed by atoms with van der Waals surface area (Å²) in [6, 6.07) is 4.53. The number of hydrogen-bond acceptors (Lipinski definition) is 6. The molecule has 27 heavy (non-hydrogen) atoms. The fourth-order valence-electron chi connectivity index (χ4n) is 3.88. The van der Waals surface area contributed by atoms with E-state index in [1.54, 1.807) is 12.4 Å². The van der Waals surface area contributed by atoms with E-state index < -0.39 is 0 Å². The van der Waals surface area contributed by atoms with E-state index in [0.717, 1.165) is 74.5 Å². The Hall–Kier alpha value is -2.41. The standard InChI is InChI=1S/C20H27N5O2/c1-14(21)24-15-2-4-17(5-3-15)27-19-13-16(25-8-10-26-11-9-25)12-18-20(19)23-7-6-22-18/h6-7,12-13,15,17H,2-5,8-11H2,1H3,(H2,21,24). The molecule has 1 aliphatic carbocycles. The molecule has 1 saturated heterocycles. The molecular formula is C20H27N5O2. The molecule has 0 unspecified atom stereocenters. The van der Waals surface area contributed by atoms with E-state index >= 15 is 0 Å². The van der Waals surface area contributed by atoms with E-state index in [-0.39, 0.29) is 6.10 Å². The predicted octanol–water partition coefficient (Wildman–Crippen LogP) is 2.53. The third kappa shape index (κ3) is 4.30. The topological polar surface area (TPSA) is 85.9 Å². The van der Waals surface area contributed by atoms with Crippen molar-refractivity contribution in [3.63, 3.8) is 0 Å². The minimum Gasteiger partial charge on any atom is -0.488 e. The Bertz CT molecular complexity index is 807. The van der Waals surface area contributed by atoms with E-state index in [0.29, 0.717) is 11.9 Å². The van der Waals surface area contributed by atoms with Crippen LogP contribution in [0.3, 0.4) is 0 Å². The average molecular weight is 369 g/mol. The molecule has 1 aliphatic heterocycles. The van der Waals surface area contributed by atoms with Gasteiger partial charge in [0.2, 0.25) is 0 Å². The van der Waals surface area contributed by atoms with E-state index in [1.165, 1.54) is 0 Å². The van der Waals surface area contributed by atoms with Gasteiger partial charge in [0, 0.05) is 37.2 Å². The molecule has 2 heterocycles. The quantitative estimate of drug-likeness (QED) is 0.658. The fourth-order valence-corrected chi connectivity index (χ4v) is 3.88. The first kappa shape index (κ1) is 18.0. The van der Waals surface area contributed by atoms with Gasteiger partial charge >= 0.3 is 0 Å². The normalized spacial score (nSPS) is 24.2. The van der Waals surface area contributed by atoms with Crippen molar-refractivity contribution in [2.75, 3.05) is 31.2 Å². The molecule has 7 heteroatoms. The van der Waals surface area contributed by atoms with Crippen LogP contribution in [0, 0.1) is 0 Å². The van der Waals surface area contributed by atoms with Crippen molar-refractivity contribution in [2.24, 2.45) is 10.7 Å². The lowest BCUT2D eigenvalue weighted by molar-refractivity contribution is 0.122. The third-order valence-electron chi connectivity index (χ3n) is 5.22. The molecule has 7 nitrogen and oxygen atoms in total. The first-order valence-corrected chi connectivity index (χ1v) is 9.73. The van der Waals surface area contributed by atoms with Gasteiger partial charge in [0.05, 0.1) is 36.7 Å². The Balaban J connectivity index is 1.54. The van der Waals surface area contributed by atoms with Gasteiger partial charge in [0.15, 0.2) is 0 Å². The Kier molecular flexibility index (Phi) is 5.38. The number of aromatic nitrogens is 2. The molecule has 1 aromatic heterocycles. The number of ether oxygens (including phenoxy) is 2. The summed E-state index contributed by atoms with van der Waals surface area (Å²) in [4.78, 5) is 15.8. The fraction of sp³-hybridized carbons (Fsp3) is 0.550. The second-order valence-electron chi connectivity index (χ2n) is 7.29. The minimum atomic E-state index is 0.180. The number of morpholine rings is 1. The van der Waals surface area contributed by atoms with Crippen LogP contribution in [0.4, 0.5) is 5.69 Å². The molecule has 0 amide bonds. The maximum absolute atomic E-state index is 6.41. The number of aliphatic imine (C=N–C) groups is 1. The van der Waals surface area contributed by atoms with Crippen LogP contribution in [-0.2, 0) is 4.74 Å². The molecule has 4 rings (SSSR count). The Labute approximate surface area is 159 Å². The lowest BCUT2D eigenvalue weighted by atomic mass is 9.93. The van der Waals surface area contributed by atoms with Crippen molar-refractivity contribution in [3.05, 3.63) is 24.5 Å². The summed E-state index contributed by atoms with van der Waals surface area (Å²) in [5.74, 6) is 1.49. The summed E-state index contributed by atoms with van der Waals surface area (Å²) < 4.78 is 11.9. The highest BCUT2D eigenvalue weighted by Gasteiger charge is 2.24. The highest BCUT2D eigenvalue weighted by Crippen LogP contribution is 2.33. The Morgan fingerprint density at radius 3 is 2.63 bits per heavy atom. The SMILES string of the molecule is CC(N)=NC1CCC(Oc2cc(N3CCOCC3)cc3nccnc23)CC1. The van der Waals surface area contributed by atoms with Crippen LogP contribution >= 0.6 is 0 Å². The van der Waals surface area contributed by atoms with Crippen LogP contribution in [-0.4, -0.2) is 54.3 Å². The number of fused-ring (bicyclic) bond motifs is 1. The number of nitrogens with two attached hydrogens (primary N) is 1. The molecule has 0 bridgehead atoms. The summed E-state index contributed by atoms with van der Waals surface area (Å²) in [6.07, 6.45) is 7.60. The van der Waals surface area contributed by atoms with E-state index in [9.17, 15) is 0 Å². The number of hydrogen-bond donors (Lipinski definition) is 1. The zero-order valence-corrected chi connectivity index (χ0v) is 15.8. The van der Waals surface area contributed by atoms with Crippen LogP contribution in [0.1, 0.15) is 32.6 Å². The number of amidine groups is 1. The maximum atomic E-state index is 6.41. The van der Waals surface area contributed by atoms with Gasteiger partial charge in [-0.2, -0.15) is 0 Å². The molecule has 0 atom stereocenters. The first-order chi connectivity index (χ1) is 13.2. The van der Waals surface area contributed by atoms with Gasteiger partial charge in [-0.1, -0.05) is 0 Å². The van der Waals surface area contributed by atoms with Gasteiger partial charge < -0.3 is 20.1 Å². The van der Waals surface area contributed by atoms with Crippen molar-refractivity contribution in [3.8, 4) is 5.75 Å². The van der Waals surface area contributed by atoms with Crippen LogP contribution < -0.4 is 15.4 Å². The summed E-state index contributed by atoms with van der Waals surface area (Å²) in [6.45, 7) is 5.11. The van der Waals surface area contributed by atoms with E-state index in [4.69, 9.17) is 15.2 Å². The second-order valence-corrected chi connectivity index (χ2v) is 7.29. The second kappa shape index (κ2) is 8.08. The number of benzene rings is 1. The predicted molar refractivity (Wildman–Crippen MR) is 107 cm³/mol. The first-order valence-electron chi connectivity index (χ1n) is 9.73. The van der Waals surface area contributed by atoms with E-state index in [2.05, 4.69) is 32.0 Å². The Morgan fingerprint density at radius 1 is 1.15 bits per heavy atom. The zero-order valence-electron chi connectivity index (χ0n) is 15.8. The van der Waals surface area contributed by atoms with Crippen LogP contribution in [0.15, 0.2) is 29.5 Å². The van der Waals surface area contributed by atoms with Crippen molar-refractivity contribution in [1.82, 2.24) is 9.97 Å². The van der Waals surface area contributed by atoms with Crippen LogP contribution in [0.5, 0.6) is 5.75 Å². The van der Waals surface area contributed by atoms with Crippen molar-refractivity contribution in [1.29, 1.82) is 0 Å². The van der Waals surface area contributed by atoms with Gasteiger partial charge in [-0.25, -0.2) is 4.98 Å². The largest absolute Gasteiger partial charge is 0.488 e. The average Bonchev–Trinajstić information content (AvgIpc) is 2.70. The van der Waals surface area contributed by atoms with Gasteiger partial charge in [-0.15, -0.1) is 0 Å². The smallest absolute Gasteiger partial charge is 0.149 e. The molecular weight excluding hydrogens is 342 g/mol. The molecule has 144 valence electrons. The van der Waals surface area contributed by atoms with E-state index in [1.807, 2.05) is 6.92 Å². The number of anilines is 1. The molecule has 2 aliphatic rings. The lowest BCUT2D eigenvalue weighted by Crippen LogP contribution is -2.36. The highest BCUT2D eigenvalue weighted by molar-refractivity contribution is 5.85. The maximum Gasteiger partial charge on any atom is 0.149 e. The zero-order chi connectivity index (χ0) is 18.6. The molecule has 1 aromatic carbocycles. The molecule has 2 fully saturated rings. The molecule has 0 radical (unpaired) electrons. The molecule has 2 aromatic rings. The van der Waals surface area contributed by atoms with Crippen LogP contribution in [0.2, 0.25) is 0 Å². The molecule has 0 spiro atoms.